The number of anilines is 2. The standard InChI is InChI=1S/C21H21N5O3/c1-14-11-17(20(27)24-16-3-4-18-19(12-16)29-13-28-18)25-21(23-14)26(2)10-7-15-5-8-22-9-6-15/h3-6,8-9,11-12H,7,10,13H2,1-2H3,(H,24,27). The van der Waals surface area contributed by atoms with Gasteiger partial charge in [0, 0.05) is 43.4 Å². The second-order valence-corrected chi connectivity index (χ2v) is 6.74. The molecule has 1 aliphatic heterocycles. The number of aromatic nitrogens is 3. The molecule has 0 spiro atoms. The van der Waals surface area contributed by atoms with E-state index in [4.69, 9.17) is 9.47 Å². The van der Waals surface area contributed by atoms with Crippen molar-refractivity contribution >= 4 is 17.5 Å². The summed E-state index contributed by atoms with van der Waals surface area (Å²) in [5.41, 5.74) is 2.82. The van der Waals surface area contributed by atoms with Gasteiger partial charge < -0.3 is 19.7 Å². The molecule has 0 atom stereocenters. The molecule has 1 N–H and O–H groups in total. The Kier molecular flexibility index (Phi) is 5.24. The second-order valence-electron chi connectivity index (χ2n) is 6.74. The van der Waals surface area contributed by atoms with Crippen molar-refractivity contribution in [1.82, 2.24) is 15.0 Å². The number of nitrogens with zero attached hydrogens (tertiary/aromatic N) is 4. The van der Waals surface area contributed by atoms with Gasteiger partial charge in [-0.2, -0.15) is 0 Å². The molecule has 1 amide bonds. The van der Waals surface area contributed by atoms with Crippen LogP contribution in [0.3, 0.4) is 0 Å². The van der Waals surface area contributed by atoms with Crippen LogP contribution in [0.2, 0.25) is 0 Å². The van der Waals surface area contributed by atoms with Gasteiger partial charge in [0.2, 0.25) is 12.7 Å². The minimum atomic E-state index is -0.307. The molecule has 0 aliphatic carbocycles. The predicted octanol–water partition coefficient (Wildman–Crippen LogP) is 2.84. The highest BCUT2D eigenvalue weighted by molar-refractivity contribution is 6.03. The van der Waals surface area contributed by atoms with Crippen LogP contribution in [0.4, 0.5) is 11.6 Å². The topological polar surface area (TPSA) is 89.5 Å². The SMILES string of the molecule is Cc1cc(C(=O)Nc2ccc3c(c2)OCO3)nc(N(C)CCc2ccncc2)n1. The highest BCUT2D eigenvalue weighted by Gasteiger charge is 2.17. The quantitative estimate of drug-likeness (QED) is 0.691. The molecular formula is C21H21N5O3. The number of pyridine rings is 1. The van der Waals surface area contributed by atoms with E-state index in [2.05, 4.69) is 20.3 Å². The van der Waals surface area contributed by atoms with E-state index in [0.717, 1.165) is 18.7 Å². The van der Waals surface area contributed by atoms with Crippen LogP contribution in [0.5, 0.6) is 11.5 Å². The number of rotatable bonds is 6. The van der Waals surface area contributed by atoms with Crippen molar-refractivity contribution in [3.63, 3.8) is 0 Å². The molecule has 2 aromatic heterocycles. The number of hydrogen-bond acceptors (Lipinski definition) is 7. The van der Waals surface area contributed by atoms with Gasteiger partial charge in [0.05, 0.1) is 0 Å². The molecule has 1 aromatic carbocycles. The molecule has 0 saturated heterocycles. The minimum Gasteiger partial charge on any atom is -0.454 e. The maximum atomic E-state index is 12.7. The van der Waals surface area contributed by atoms with Gasteiger partial charge in [-0.25, -0.2) is 9.97 Å². The maximum absolute atomic E-state index is 12.7. The van der Waals surface area contributed by atoms with Crippen LogP contribution < -0.4 is 19.7 Å². The van der Waals surface area contributed by atoms with E-state index in [1.165, 1.54) is 5.56 Å². The fourth-order valence-electron chi connectivity index (χ4n) is 2.96. The van der Waals surface area contributed by atoms with E-state index in [-0.39, 0.29) is 12.7 Å². The molecule has 0 saturated carbocycles. The number of amides is 1. The van der Waals surface area contributed by atoms with Crippen LogP contribution in [0.1, 0.15) is 21.7 Å². The summed E-state index contributed by atoms with van der Waals surface area (Å²) < 4.78 is 10.6. The van der Waals surface area contributed by atoms with Gasteiger partial charge in [0.1, 0.15) is 5.69 Å². The lowest BCUT2D eigenvalue weighted by Crippen LogP contribution is -2.24. The van der Waals surface area contributed by atoms with Crippen LogP contribution >= 0.6 is 0 Å². The second kappa shape index (κ2) is 8.14. The van der Waals surface area contributed by atoms with Crippen molar-refractivity contribution in [2.24, 2.45) is 0 Å². The Bertz CT molecular complexity index is 1030. The number of fused-ring (bicyclic) bond motifs is 1. The maximum Gasteiger partial charge on any atom is 0.274 e. The third kappa shape index (κ3) is 4.43. The van der Waals surface area contributed by atoms with Crippen LogP contribution in [-0.2, 0) is 6.42 Å². The van der Waals surface area contributed by atoms with Crippen LogP contribution in [0.15, 0.2) is 48.8 Å². The normalized spacial score (nSPS) is 11.9. The highest BCUT2D eigenvalue weighted by atomic mass is 16.7. The van der Waals surface area contributed by atoms with Crippen LogP contribution in [0, 0.1) is 6.92 Å². The van der Waals surface area contributed by atoms with Gasteiger partial charge in [-0.1, -0.05) is 0 Å². The Morgan fingerprint density at radius 3 is 2.72 bits per heavy atom. The largest absolute Gasteiger partial charge is 0.454 e. The van der Waals surface area contributed by atoms with Gasteiger partial charge in [0.15, 0.2) is 11.5 Å². The summed E-state index contributed by atoms with van der Waals surface area (Å²) in [7, 11) is 1.91. The Morgan fingerprint density at radius 2 is 1.90 bits per heavy atom. The molecule has 29 heavy (non-hydrogen) atoms. The van der Waals surface area contributed by atoms with E-state index >= 15 is 0 Å². The van der Waals surface area contributed by atoms with Crippen molar-refractivity contribution in [1.29, 1.82) is 0 Å². The van der Waals surface area contributed by atoms with Gasteiger partial charge in [0.25, 0.3) is 5.91 Å². The number of carbonyl (C=O) groups is 1. The molecule has 3 aromatic rings. The van der Waals surface area contributed by atoms with E-state index in [1.807, 2.05) is 31.0 Å². The summed E-state index contributed by atoms with van der Waals surface area (Å²) in [6.45, 7) is 2.75. The zero-order valence-corrected chi connectivity index (χ0v) is 16.3. The first kappa shape index (κ1) is 18.7. The predicted molar refractivity (Wildman–Crippen MR) is 108 cm³/mol. The summed E-state index contributed by atoms with van der Waals surface area (Å²) in [4.78, 5) is 27.6. The monoisotopic (exact) mass is 391 g/mol. The Morgan fingerprint density at radius 1 is 1.10 bits per heavy atom. The number of aryl methyl sites for hydroxylation is 1. The number of hydrogen-bond donors (Lipinski definition) is 1. The fraction of sp³-hybridized carbons (Fsp3) is 0.238. The molecule has 4 rings (SSSR count). The first-order valence-electron chi connectivity index (χ1n) is 9.25. The van der Waals surface area contributed by atoms with Gasteiger partial charge in [-0.3, -0.25) is 9.78 Å². The molecule has 148 valence electrons. The molecule has 3 heterocycles. The molecular weight excluding hydrogens is 370 g/mol. The molecule has 8 heteroatoms. The van der Waals surface area contributed by atoms with Gasteiger partial charge in [-0.15, -0.1) is 0 Å². The zero-order chi connectivity index (χ0) is 20.2. The Hall–Kier alpha value is -3.68. The van der Waals surface area contributed by atoms with Crippen LogP contribution in [-0.4, -0.2) is 41.2 Å². The van der Waals surface area contributed by atoms with Crippen molar-refractivity contribution < 1.29 is 14.3 Å². The summed E-state index contributed by atoms with van der Waals surface area (Å²) in [6.07, 6.45) is 4.38. The summed E-state index contributed by atoms with van der Waals surface area (Å²) in [5, 5.41) is 2.85. The number of carbonyl (C=O) groups excluding carboxylic acids is 1. The average Bonchev–Trinajstić information content (AvgIpc) is 3.20. The number of likely N-dealkylation sites (N-methyl/N-ethyl adjacent to an activating group) is 1. The third-order valence-corrected chi connectivity index (χ3v) is 4.53. The number of benzene rings is 1. The third-order valence-electron chi connectivity index (χ3n) is 4.53. The van der Waals surface area contributed by atoms with Crippen molar-refractivity contribution in [2.75, 3.05) is 30.6 Å². The smallest absolute Gasteiger partial charge is 0.274 e. The summed E-state index contributed by atoms with van der Waals surface area (Å²) in [5.74, 6) is 1.48. The lowest BCUT2D eigenvalue weighted by Gasteiger charge is -2.18. The first-order valence-corrected chi connectivity index (χ1v) is 9.25. The number of ether oxygens (including phenoxy) is 2. The Labute approximate surface area is 168 Å². The highest BCUT2D eigenvalue weighted by Crippen LogP contribution is 2.34. The average molecular weight is 391 g/mol. The number of nitrogens with one attached hydrogen (secondary N) is 1. The van der Waals surface area contributed by atoms with E-state index in [1.54, 1.807) is 36.7 Å². The summed E-state index contributed by atoms with van der Waals surface area (Å²) >= 11 is 0. The van der Waals surface area contributed by atoms with Crippen molar-refractivity contribution in [3.05, 3.63) is 65.7 Å². The minimum absolute atomic E-state index is 0.188. The molecule has 8 nitrogen and oxygen atoms in total. The molecule has 0 radical (unpaired) electrons. The summed E-state index contributed by atoms with van der Waals surface area (Å²) in [6, 6.07) is 10.9. The fourth-order valence-corrected chi connectivity index (χ4v) is 2.96. The molecule has 0 fully saturated rings. The van der Waals surface area contributed by atoms with Gasteiger partial charge in [-0.05, 0) is 49.2 Å². The molecule has 1 aliphatic rings. The lowest BCUT2D eigenvalue weighted by atomic mass is 10.2. The Balaban J connectivity index is 1.46. The molecule has 0 bridgehead atoms. The van der Waals surface area contributed by atoms with E-state index in [9.17, 15) is 4.79 Å². The van der Waals surface area contributed by atoms with Crippen molar-refractivity contribution in [2.45, 2.75) is 13.3 Å². The van der Waals surface area contributed by atoms with Gasteiger partial charge >= 0.3 is 0 Å². The zero-order valence-electron chi connectivity index (χ0n) is 16.3. The van der Waals surface area contributed by atoms with Crippen LogP contribution in [0.25, 0.3) is 0 Å². The lowest BCUT2D eigenvalue weighted by molar-refractivity contribution is 0.102. The van der Waals surface area contributed by atoms with E-state index in [0.29, 0.717) is 28.8 Å². The first-order chi connectivity index (χ1) is 14.1. The molecule has 0 unspecified atom stereocenters. The van der Waals surface area contributed by atoms with Crippen molar-refractivity contribution in [3.8, 4) is 11.5 Å². The van der Waals surface area contributed by atoms with E-state index < -0.39 is 0 Å².